The fraction of sp³-hybridized carbons (Fsp3) is 0.200. The molecule has 0 unspecified atom stereocenters. The van der Waals surface area contributed by atoms with Gasteiger partial charge in [0.2, 0.25) is 0 Å². The van der Waals surface area contributed by atoms with E-state index in [0.29, 0.717) is 0 Å². The Morgan fingerprint density at radius 3 is 1.83 bits per heavy atom. The second-order valence-electron chi connectivity index (χ2n) is 1.35. The summed E-state index contributed by atoms with van der Waals surface area (Å²) in [5.41, 5.74) is 0. The molecule has 2 radical (unpaired) electrons. The average molecular weight is 135 g/mol. The molecule has 1 heteroatoms. The molecule has 0 aromatic rings. The van der Waals surface area contributed by atoms with Crippen LogP contribution in [0.25, 0.3) is 0 Å². The van der Waals surface area contributed by atoms with Crippen LogP contribution in [-0.4, -0.2) is 18.6 Å². The molecule has 0 nitrogen and oxygen atoms in total. The third-order valence-corrected chi connectivity index (χ3v) is 1.71. The molecule has 0 heterocycles. The van der Waals surface area contributed by atoms with Gasteiger partial charge in [0.1, 0.15) is 0 Å². The summed E-state index contributed by atoms with van der Waals surface area (Å²) in [7, 11) is 0. The van der Waals surface area contributed by atoms with E-state index in [1.807, 2.05) is 0 Å². The predicted molar refractivity (Wildman–Crippen MR) is 27.8 cm³/mol. The third-order valence-electron chi connectivity index (χ3n) is 0.778. The molecule has 0 bridgehead atoms. The second-order valence-corrected chi connectivity index (χ2v) is 2.96. The van der Waals surface area contributed by atoms with Crippen LogP contribution in [0, 0.1) is 0 Å². The van der Waals surface area contributed by atoms with E-state index in [0.717, 1.165) is 4.47 Å². The van der Waals surface area contributed by atoms with Gasteiger partial charge in [-0.3, -0.25) is 0 Å². The Morgan fingerprint density at radius 1 is 1.17 bits per heavy atom. The minimum atomic E-state index is 0.748. The SMILES string of the molecule is [Ga][CH]1C=CC=C1. The minimum absolute atomic E-state index is 0.748. The molecule has 0 aromatic carbocycles. The van der Waals surface area contributed by atoms with Crippen molar-refractivity contribution in [2.24, 2.45) is 0 Å². The molecular formula is C5H5Ga. The van der Waals surface area contributed by atoms with Crippen molar-refractivity contribution in [3.8, 4) is 0 Å². The van der Waals surface area contributed by atoms with Gasteiger partial charge in [0.25, 0.3) is 0 Å². The monoisotopic (exact) mass is 134 g/mol. The molecule has 1 rings (SSSR count). The van der Waals surface area contributed by atoms with Gasteiger partial charge >= 0.3 is 47.4 Å². The Labute approximate surface area is 47.9 Å². The molecule has 6 heavy (non-hydrogen) atoms. The average Bonchev–Trinajstić information content (AvgIpc) is 1.86. The maximum absolute atomic E-state index is 2.19. The van der Waals surface area contributed by atoms with Crippen LogP contribution in [0.1, 0.15) is 0 Å². The Balaban J connectivity index is 2.60. The van der Waals surface area contributed by atoms with Gasteiger partial charge in [0.05, 0.1) is 0 Å². The number of hydrogen-bond acceptors (Lipinski definition) is 0. The van der Waals surface area contributed by atoms with Crippen LogP contribution < -0.4 is 0 Å². The van der Waals surface area contributed by atoms with Crippen molar-refractivity contribution in [1.29, 1.82) is 0 Å². The summed E-state index contributed by atoms with van der Waals surface area (Å²) in [5, 5.41) is 0. The third kappa shape index (κ3) is 0.789. The summed E-state index contributed by atoms with van der Waals surface area (Å²) in [4.78, 5) is 0. The first-order valence-corrected chi connectivity index (χ1v) is 3.40. The zero-order valence-electron chi connectivity index (χ0n) is 3.46. The summed E-state index contributed by atoms with van der Waals surface area (Å²) in [6.45, 7) is 0. The topological polar surface area (TPSA) is 0 Å². The van der Waals surface area contributed by atoms with Crippen LogP contribution in [0.3, 0.4) is 0 Å². The van der Waals surface area contributed by atoms with Crippen LogP contribution in [0.15, 0.2) is 24.3 Å². The second kappa shape index (κ2) is 1.71. The summed E-state index contributed by atoms with van der Waals surface area (Å²) in [6, 6.07) is 0. The van der Waals surface area contributed by atoms with Gasteiger partial charge in [-0.15, -0.1) is 0 Å². The van der Waals surface area contributed by atoms with Crippen molar-refractivity contribution in [2.75, 3.05) is 0 Å². The Bertz CT molecular complexity index is 80.1. The molecule has 0 N–H and O–H groups in total. The van der Waals surface area contributed by atoms with Crippen LogP contribution >= 0.6 is 0 Å². The van der Waals surface area contributed by atoms with E-state index in [1.54, 1.807) is 18.6 Å². The van der Waals surface area contributed by atoms with Gasteiger partial charge in [0.15, 0.2) is 0 Å². The van der Waals surface area contributed by atoms with Crippen molar-refractivity contribution in [3.05, 3.63) is 24.3 Å². The van der Waals surface area contributed by atoms with Gasteiger partial charge in [-0.05, 0) is 0 Å². The molecule has 0 aliphatic heterocycles. The quantitative estimate of drug-likeness (QED) is 0.435. The van der Waals surface area contributed by atoms with Crippen molar-refractivity contribution in [2.45, 2.75) is 4.47 Å². The van der Waals surface area contributed by atoms with Crippen molar-refractivity contribution in [3.63, 3.8) is 0 Å². The zero-order chi connectivity index (χ0) is 4.41. The molecule has 1 aliphatic carbocycles. The molecule has 0 amide bonds. The summed E-state index contributed by atoms with van der Waals surface area (Å²) in [6.07, 6.45) is 8.57. The zero-order valence-corrected chi connectivity index (χ0v) is 5.89. The standard InChI is InChI=1S/C5H5.Ga/c1-2-4-5-3-1;/h1-5H;. The number of rotatable bonds is 0. The van der Waals surface area contributed by atoms with Crippen LogP contribution in [-0.2, 0) is 0 Å². The van der Waals surface area contributed by atoms with Crippen LogP contribution in [0.2, 0.25) is 4.47 Å². The summed E-state index contributed by atoms with van der Waals surface area (Å²) in [5.74, 6) is 0. The fourth-order valence-electron chi connectivity index (χ4n) is 0.449. The Morgan fingerprint density at radius 2 is 1.67 bits per heavy atom. The number of hydrogen-bond donors (Lipinski definition) is 0. The molecule has 0 atom stereocenters. The maximum atomic E-state index is 2.19. The fourth-order valence-corrected chi connectivity index (χ4v) is 0.987. The van der Waals surface area contributed by atoms with E-state index in [4.69, 9.17) is 0 Å². The molecule has 0 saturated heterocycles. The number of allylic oxidation sites excluding steroid dienone is 4. The molecule has 0 aromatic heterocycles. The van der Waals surface area contributed by atoms with Gasteiger partial charge in [-0.25, -0.2) is 0 Å². The Hall–Kier alpha value is 0.116. The molecule has 0 fully saturated rings. The van der Waals surface area contributed by atoms with Gasteiger partial charge in [-0.2, -0.15) is 0 Å². The predicted octanol–water partition coefficient (Wildman–Crippen LogP) is 1.07. The summed E-state index contributed by atoms with van der Waals surface area (Å²) < 4.78 is 0.748. The van der Waals surface area contributed by atoms with Gasteiger partial charge in [-0.1, -0.05) is 0 Å². The van der Waals surface area contributed by atoms with Gasteiger partial charge < -0.3 is 0 Å². The first-order valence-electron chi connectivity index (χ1n) is 2.00. The van der Waals surface area contributed by atoms with Crippen molar-refractivity contribution in [1.82, 2.24) is 0 Å². The first kappa shape index (κ1) is 4.28. The molecular weight excluding hydrogens is 130 g/mol. The van der Waals surface area contributed by atoms with E-state index in [-0.39, 0.29) is 0 Å². The molecule has 0 spiro atoms. The van der Waals surface area contributed by atoms with E-state index in [9.17, 15) is 0 Å². The Kier molecular flexibility index (Phi) is 1.22. The van der Waals surface area contributed by atoms with Crippen LogP contribution in [0.5, 0.6) is 0 Å². The molecule has 0 saturated carbocycles. The van der Waals surface area contributed by atoms with E-state index >= 15 is 0 Å². The molecule has 1 aliphatic rings. The van der Waals surface area contributed by atoms with E-state index in [2.05, 4.69) is 24.3 Å². The summed E-state index contributed by atoms with van der Waals surface area (Å²) >= 11 is 1.77. The van der Waals surface area contributed by atoms with Crippen molar-refractivity contribution < 1.29 is 0 Å². The van der Waals surface area contributed by atoms with Crippen LogP contribution in [0.4, 0.5) is 0 Å². The first-order chi connectivity index (χ1) is 2.89. The van der Waals surface area contributed by atoms with Crippen molar-refractivity contribution >= 4 is 18.6 Å². The normalized spacial score (nSPS) is 20.0. The van der Waals surface area contributed by atoms with Gasteiger partial charge in [0, 0.05) is 0 Å². The van der Waals surface area contributed by atoms with E-state index in [1.165, 1.54) is 0 Å². The van der Waals surface area contributed by atoms with E-state index < -0.39 is 0 Å². The molecule has 28 valence electrons.